The number of fused-ring (bicyclic) bond motifs is 1. The monoisotopic (exact) mass is 325 g/mol. The molecule has 1 unspecified atom stereocenters. The minimum atomic E-state index is -0.946. The molecular weight excluding hydrogens is 306 g/mol. The van der Waals surface area contributed by atoms with Gasteiger partial charge in [0.15, 0.2) is 0 Å². The Hall–Kier alpha value is -2.66. The van der Waals surface area contributed by atoms with Crippen LogP contribution < -0.4 is 4.74 Å². The normalized spacial score (nSPS) is 14.7. The molecule has 0 saturated carbocycles. The van der Waals surface area contributed by atoms with Gasteiger partial charge in [-0.05, 0) is 36.2 Å². The van der Waals surface area contributed by atoms with E-state index in [2.05, 4.69) is 6.92 Å². The van der Waals surface area contributed by atoms with Gasteiger partial charge in [0.2, 0.25) is 0 Å². The maximum Gasteiger partial charge on any atom is 0.261 e. The third-order valence-electron chi connectivity index (χ3n) is 4.05. The summed E-state index contributed by atoms with van der Waals surface area (Å²) >= 11 is 0. The number of benzene rings is 2. The van der Waals surface area contributed by atoms with E-state index >= 15 is 0 Å². The lowest BCUT2D eigenvalue weighted by Crippen LogP contribution is -2.39. The largest absolute Gasteiger partial charge is 0.491 e. The molecule has 0 aromatic heterocycles. The quantitative estimate of drug-likeness (QED) is 0.828. The molecule has 0 saturated heterocycles. The first-order chi connectivity index (χ1) is 11.6. The van der Waals surface area contributed by atoms with E-state index in [1.165, 1.54) is 5.56 Å². The summed E-state index contributed by atoms with van der Waals surface area (Å²) in [6.45, 7) is 2.00. The summed E-state index contributed by atoms with van der Waals surface area (Å²) in [4.78, 5) is 25.5. The molecule has 0 fully saturated rings. The number of carbonyl (C=O) groups excluding carboxylic acids is 2. The van der Waals surface area contributed by atoms with Crippen LogP contribution in [0.25, 0.3) is 0 Å². The maximum absolute atomic E-state index is 12.2. The maximum atomic E-state index is 12.2. The van der Waals surface area contributed by atoms with Gasteiger partial charge in [-0.1, -0.05) is 31.2 Å². The van der Waals surface area contributed by atoms with Crippen LogP contribution in [0, 0.1) is 0 Å². The Morgan fingerprint density at radius 3 is 2.12 bits per heavy atom. The molecule has 24 heavy (non-hydrogen) atoms. The van der Waals surface area contributed by atoms with E-state index in [0.29, 0.717) is 16.9 Å². The highest BCUT2D eigenvalue weighted by atomic mass is 16.5. The van der Waals surface area contributed by atoms with Gasteiger partial charge >= 0.3 is 0 Å². The second-order valence-corrected chi connectivity index (χ2v) is 5.73. The fraction of sp³-hybridized carbons (Fsp3) is 0.263. The van der Waals surface area contributed by atoms with Crippen LogP contribution in [-0.4, -0.2) is 41.1 Å². The molecule has 1 aliphatic heterocycles. The zero-order valence-corrected chi connectivity index (χ0v) is 13.4. The highest BCUT2D eigenvalue weighted by molar-refractivity contribution is 6.21. The van der Waals surface area contributed by atoms with Crippen molar-refractivity contribution < 1.29 is 19.4 Å². The number of imide groups is 1. The zero-order valence-electron chi connectivity index (χ0n) is 13.4. The first kappa shape index (κ1) is 16.2. The van der Waals surface area contributed by atoms with Crippen molar-refractivity contribution in [3.8, 4) is 5.75 Å². The van der Waals surface area contributed by atoms with Gasteiger partial charge in [-0.2, -0.15) is 0 Å². The van der Waals surface area contributed by atoms with Crippen LogP contribution in [0.1, 0.15) is 33.2 Å². The number of β-amino-alcohol motifs (C(OH)–C–C–N with tert-alkyl or cyclic N) is 1. The van der Waals surface area contributed by atoms with Crippen molar-refractivity contribution in [1.82, 2.24) is 4.90 Å². The van der Waals surface area contributed by atoms with Crippen LogP contribution in [-0.2, 0) is 6.42 Å². The number of nitrogens with zero attached hydrogens (tertiary/aromatic N) is 1. The molecule has 3 rings (SSSR count). The third kappa shape index (κ3) is 3.16. The van der Waals surface area contributed by atoms with Crippen molar-refractivity contribution >= 4 is 11.8 Å². The smallest absolute Gasteiger partial charge is 0.261 e. The van der Waals surface area contributed by atoms with Crippen LogP contribution >= 0.6 is 0 Å². The molecule has 2 aromatic carbocycles. The van der Waals surface area contributed by atoms with E-state index in [4.69, 9.17) is 4.74 Å². The van der Waals surface area contributed by atoms with Gasteiger partial charge in [0.05, 0.1) is 17.7 Å². The van der Waals surface area contributed by atoms with Gasteiger partial charge in [0.1, 0.15) is 18.5 Å². The summed E-state index contributed by atoms with van der Waals surface area (Å²) in [6.07, 6.45) is 0.000834. The van der Waals surface area contributed by atoms with E-state index in [-0.39, 0.29) is 25.0 Å². The van der Waals surface area contributed by atoms with Crippen molar-refractivity contribution in [2.45, 2.75) is 19.4 Å². The Kier molecular flexibility index (Phi) is 4.62. The van der Waals surface area contributed by atoms with E-state index in [0.717, 1.165) is 11.3 Å². The number of hydrogen-bond donors (Lipinski definition) is 1. The highest BCUT2D eigenvalue weighted by Crippen LogP contribution is 2.22. The van der Waals surface area contributed by atoms with Crippen molar-refractivity contribution in [2.75, 3.05) is 13.2 Å². The molecule has 1 aliphatic rings. The Morgan fingerprint density at radius 1 is 1.00 bits per heavy atom. The Morgan fingerprint density at radius 2 is 1.58 bits per heavy atom. The summed E-state index contributed by atoms with van der Waals surface area (Å²) in [7, 11) is 0. The lowest BCUT2D eigenvalue weighted by atomic mass is 10.1. The van der Waals surface area contributed by atoms with Gasteiger partial charge in [0.25, 0.3) is 11.8 Å². The van der Waals surface area contributed by atoms with Crippen molar-refractivity contribution in [3.63, 3.8) is 0 Å². The lowest BCUT2D eigenvalue weighted by Gasteiger charge is -2.19. The molecule has 0 bridgehead atoms. The van der Waals surface area contributed by atoms with Crippen LogP contribution in [0.2, 0.25) is 0 Å². The van der Waals surface area contributed by atoms with E-state index in [1.807, 2.05) is 24.3 Å². The second-order valence-electron chi connectivity index (χ2n) is 5.73. The minimum Gasteiger partial charge on any atom is -0.491 e. The Labute approximate surface area is 140 Å². The van der Waals surface area contributed by atoms with Gasteiger partial charge < -0.3 is 9.84 Å². The first-order valence-corrected chi connectivity index (χ1v) is 7.95. The minimum absolute atomic E-state index is 0.0128. The molecule has 124 valence electrons. The summed E-state index contributed by atoms with van der Waals surface area (Å²) in [5.41, 5.74) is 1.96. The Bertz CT molecular complexity index is 719. The van der Waals surface area contributed by atoms with Gasteiger partial charge in [-0.15, -0.1) is 0 Å². The number of carbonyl (C=O) groups is 2. The standard InChI is InChI=1S/C19H19NO4/c1-2-13-7-9-15(10-8-13)24-12-14(21)11-20-18(22)16-5-3-4-6-17(16)19(20)23/h3-10,14,21H,2,11-12H2,1H3. The molecular formula is C19H19NO4. The number of ether oxygens (including phenoxy) is 1. The molecule has 1 atom stereocenters. The summed E-state index contributed by atoms with van der Waals surface area (Å²) in [5.74, 6) is -0.0995. The number of rotatable bonds is 6. The van der Waals surface area contributed by atoms with Crippen LogP contribution in [0.5, 0.6) is 5.75 Å². The average molecular weight is 325 g/mol. The molecule has 0 radical (unpaired) electrons. The predicted molar refractivity (Wildman–Crippen MR) is 89.1 cm³/mol. The fourth-order valence-corrected chi connectivity index (χ4v) is 2.68. The number of aliphatic hydroxyl groups is 1. The van der Waals surface area contributed by atoms with Gasteiger partial charge in [-0.25, -0.2) is 0 Å². The van der Waals surface area contributed by atoms with Crippen molar-refractivity contribution in [3.05, 3.63) is 65.2 Å². The molecule has 1 N–H and O–H groups in total. The van der Waals surface area contributed by atoms with Gasteiger partial charge in [-0.3, -0.25) is 14.5 Å². The SMILES string of the molecule is CCc1ccc(OCC(O)CN2C(=O)c3ccccc3C2=O)cc1. The first-order valence-electron chi connectivity index (χ1n) is 7.95. The summed E-state index contributed by atoms with van der Waals surface area (Å²) in [6, 6.07) is 14.3. The van der Waals surface area contributed by atoms with Crippen molar-refractivity contribution in [1.29, 1.82) is 0 Å². The van der Waals surface area contributed by atoms with Crippen molar-refractivity contribution in [2.24, 2.45) is 0 Å². The third-order valence-corrected chi connectivity index (χ3v) is 4.05. The van der Waals surface area contributed by atoms with Gasteiger partial charge in [0, 0.05) is 0 Å². The number of aliphatic hydroxyl groups excluding tert-OH is 1. The predicted octanol–water partition coefficient (Wildman–Crippen LogP) is 2.28. The fourth-order valence-electron chi connectivity index (χ4n) is 2.68. The molecule has 5 nitrogen and oxygen atoms in total. The van der Waals surface area contributed by atoms with Crippen LogP contribution in [0.3, 0.4) is 0 Å². The molecule has 2 aromatic rings. The molecule has 0 aliphatic carbocycles. The van der Waals surface area contributed by atoms with E-state index in [9.17, 15) is 14.7 Å². The zero-order chi connectivity index (χ0) is 17.1. The molecule has 5 heteroatoms. The second kappa shape index (κ2) is 6.84. The number of amides is 2. The molecule has 1 heterocycles. The molecule has 0 spiro atoms. The van der Waals surface area contributed by atoms with Crippen LogP contribution in [0.15, 0.2) is 48.5 Å². The number of hydrogen-bond acceptors (Lipinski definition) is 4. The summed E-state index contributed by atoms with van der Waals surface area (Å²) < 4.78 is 5.53. The highest BCUT2D eigenvalue weighted by Gasteiger charge is 2.36. The van der Waals surface area contributed by atoms with E-state index < -0.39 is 6.10 Å². The topological polar surface area (TPSA) is 66.8 Å². The van der Waals surface area contributed by atoms with Crippen LogP contribution in [0.4, 0.5) is 0 Å². The average Bonchev–Trinajstić information content (AvgIpc) is 2.86. The molecule has 2 amide bonds. The summed E-state index contributed by atoms with van der Waals surface area (Å²) in [5, 5.41) is 10.1. The Balaban J connectivity index is 1.58. The van der Waals surface area contributed by atoms with E-state index in [1.54, 1.807) is 24.3 Å². The lowest BCUT2D eigenvalue weighted by molar-refractivity contribution is 0.0457. The number of aryl methyl sites for hydroxylation is 1.